The number of nitrogens with one attached hydrogen (secondary N) is 1. The van der Waals surface area contributed by atoms with Crippen molar-refractivity contribution in [1.82, 2.24) is 9.55 Å². The number of aromatic nitrogens is 2. The molecule has 5 nitrogen and oxygen atoms in total. The van der Waals surface area contributed by atoms with Gasteiger partial charge in [-0.1, -0.05) is 11.8 Å². The summed E-state index contributed by atoms with van der Waals surface area (Å²) in [6.45, 7) is 1.44. The second-order valence-corrected chi connectivity index (χ2v) is 4.65. The minimum absolute atomic E-state index is 0.0845. The molecule has 0 saturated carbocycles. The zero-order chi connectivity index (χ0) is 13.3. The standard InChI is InChI=1S/C12H13N3O2S/c1-7(16)13-8-4-5-9-10(6-8)14-12(18-3)15(2)11(9)17/h4-6H,1-3H3,(H,13,16). The van der Waals surface area contributed by atoms with E-state index in [2.05, 4.69) is 10.3 Å². The van der Waals surface area contributed by atoms with Gasteiger partial charge in [0.2, 0.25) is 5.91 Å². The third-order valence-corrected chi connectivity index (χ3v) is 3.27. The van der Waals surface area contributed by atoms with Crippen LogP contribution >= 0.6 is 11.8 Å². The van der Waals surface area contributed by atoms with Crippen molar-refractivity contribution >= 4 is 34.3 Å². The molecule has 0 radical (unpaired) electrons. The number of carbonyl (C=O) groups is 1. The van der Waals surface area contributed by atoms with Crippen molar-refractivity contribution in [2.24, 2.45) is 7.05 Å². The molecule has 94 valence electrons. The van der Waals surface area contributed by atoms with Crippen LogP contribution in [0.25, 0.3) is 10.9 Å². The fourth-order valence-corrected chi connectivity index (χ4v) is 2.26. The van der Waals surface area contributed by atoms with Crippen molar-refractivity contribution in [1.29, 1.82) is 0 Å². The summed E-state index contributed by atoms with van der Waals surface area (Å²) in [5.74, 6) is -0.150. The van der Waals surface area contributed by atoms with Gasteiger partial charge in [0.15, 0.2) is 5.16 Å². The van der Waals surface area contributed by atoms with Gasteiger partial charge in [-0.2, -0.15) is 0 Å². The number of thioether (sulfide) groups is 1. The maximum Gasteiger partial charge on any atom is 0.261 e. The number of hydrogen-bond acceptors (Lipinski definition) is 4. The molecular formula is C12H13N3O2S. The van der Waals surface area contributed by atoms with E-state index in [9.17, 15) is 9.59 Å². The first kappa shape index (κ1) is 12.6. The van der Waals surface area contributed by atoms with E-state index in [1.807, 2.05) is 6.26 Å². The topological polar surface area (TPSA) is 64.0 Å². The van der Waals surface area contributed by atoms with Gasteiger partial charge in [-0.05, 0) is 24.5 Å². The van der Waals surface area contributed by atoms with Gasteiger partial charge in [0, 0.05) is 19.7 Å². The van der Waals surface area contributed by atoms with Gasteiger partial charge < -0.3 is 5.32 Å². The van der Waals surface area contributed by atoms with Crippen molar-refractivity contribution < 1.29 is 4.79 Å². The van der Waals surface area contributed by atoms with E-state index in [1.165, 1.54) is 23.3 Å². The van der Waals surface area contributed by atoms with Crippen molar-refractivity contribution in [3.63, 3.8) is 0 Å². The SMILES string of the molecule is CSc1nc2cc(NC(C)=O)ccc2c(=O)n1C. The van der Waals surface area contributed by atoms with Crippen molar-refractivity contribution in [3.8, 4) is 0 Å². The fourth-order valence-electron chi connectivity index (χ4n) is 1.71. The number of anilines is 1. The van der Waals surface area contributed by atoms with Crippen molar-refractivity contribution in [2.45, 2.75) is 12.1 Å². The lowest BCUT2D eigenvalue weighted by atomic mass is 10.2. The molecule has 0 unspecified atom stereocenters. The minimum atomic E-state index is -0.150. The Kier molecular flexibility index (Phi) is 3.38. The monoisotopic (exact) mass is 263 g/mol. The molecule has 1 N–H and O–H groups in total. The molecule has 0 saturated heterocycles. The van der Waals surface area contributed by atoms with Gasteiger partial charge in [-0.3, -0.25) is 14.2 Å². The predicted molar refractivity (Wildman–Crippen MR) is 73.1 cm³/mol. The molecule has 1 aromatic heterocycles. The van der Waals surface area contributed by atoms with Crippen LogP contribution in [0.2, 0.25) is 0 Å². The Labute approximate surface area is 108 Å². The third kappa shape index (κ3) is 2.24. The van der Waals surface area contributed by atoms with E-state index in [-0.39, 0.29) is 11.5 Å². The Morgan fingerprint density at radius 1 is 1.44 bits per heavy atom. The van der Waals surface area contributed by atoms with Crippen LogP contribution in [0, 0.1) is 0 Å². The Bertz CT molecular complexity index is 679. The van der Waals surface area contributed by atoms with E-state index in [0.717, 1.165) is 0 Å². The summed E-state index contributed by atoms with van der Waals surface area (Å²) in [7, 11) is 1.70. The summed E-state index contributed by atoms with van der Waals surface area (Å²) >= 11 is 1.41. The van der Waals surface area contributed by atoms with Crippen LogP contribution in [0.1, 0.15) is 6.92 Å². The Morgan fingerprint density at radius 2 is 2.17 bits per heavy atom. The second-order valence-electron chi connectivity index (χ2n) is 3.88. The van der Waals surface area contributed by atoms with Crippen LogP contribution in [0.3, 0.4) is 0 Å². The molecule has 0 atom stereocenters. The molecule has 0 fully saturated rings. The van der Waals surface area contributed by atoms with E-state index in [4.69, 9.17) is 0 Å². The number of hydrogen-bond donors (Lipinski definition) is 1. The molecule has 1 heterocycles. The van der Waals surface area contributed by atoms with Gasteiger partial charge in [0.25, 0.3) is 5.56 Å². The largest absolute Gasteiger partial charge is 0.326 e. The molecule has 1 amide bonds. The average molecular weight is 263 g/mol. The number of rotatable bonds is 2. The normalized spacial score (nSPS) is 10.6. The van der Waals surface area contributed by atoms with Gasteiger partial charge in [-0.25, -0.2) is 4.98 Å². The lowest BCUT2D eigenvalue weighted by Gasteiger charge is -2.08. The minimum Gasteiger partial charge on any atom is -0.326 e. The number of amides is 1. The van der Waals surface area contributed by atoms with E-state index < -0.39 is 0 Å². The summed E-state index contributed by atoms with van der Waals surface area (Å²) in [5, 5.41) is 3.87. The van der Waals surface area contributed by atoms with E-state index in [0.29, 0.717) is 21.7 Å². The number of fused-ring (bicyclic) bond motifs is 1. The second kappa shape index (κ2) is 4.81. The molecule has 0 spiro atoms. The predicted octanol–water partition coefficient (Wildman–Crippen LogP) is 1.61. The lowest BCUT2D eigenvalue weighted by Crippen LogP contribution is -2.20. The van der Waals surface area contributed by atoms with Crippen LogP contribution in [-0.4, -0.2) is 21.7 Å². The van der Waals surface area contributed by atoms with Crippen LogP contribution < -0.4 is 10.9 Å². The zero-order valence-electron chi connectivity index (χ0n) is 10.4. The maximum absolute atomic E-state index is 12.1. The molecule has 6 heteroatoms. The molecule has 0 aliphatic carbocycles. The smallest absolute Gasteiger partial charge is 0.261 e. The lowest BCUT2D eigenvalue weighted by molar-refractivity contribution is -0.114. The first-order valence-electron chi connectivity index (χ1n) is 5.35. The van der Waals surface area contributed by atoms with Gasteiger partial charge >= 0.3 is 0 Å². The summed E-state index contributed by atoms with van der Waals surface area (Å²) in [6.07, 6.45) is 1.87. The highest BCUT2D eigenvalue weighted by atomic mass is 32.2. The van der Waals surface area contributed by atoms with Gasteiger partial charge in [0.05, 0.1) is 10.9 Å². The first-order chi connectivity index (χ1) is 8.52. The summed E-state index contributed by atoms with van der Waals surface area (Å²) in [4.78, 5) is 27.5. The molecule has 1 aromatic carbocycles. The molecule has 2 aromatic rings. The highest BCUT2D eigenvalue weighted by Gasteiger charge is 2.08. The molecule has 0 aliphatic heterocycles. The highest BCUT2D eigenvalue weighted by molar-refractivity contribution is 7.98. The fraction of sp³-hybridized carbons (Fsp3) is 0.250. The molecule has 2 rings (SSSR count). The average Bonchev–Trinajstić information content (AvgIpc) is 2.32. The van der Waals surface area contributed by atoms with Crippen molar-refractivity contribution in [2.75, 3.05) is 11.6 Å². The summed E-state index contributed by atoms with van der Waals surface area (Å²) in [6, 6.07) is 5.09. The Balaban J connectivity index is 2.66. The van der Waals surface area contributed by atoms with Crippen LogP contribution in [0.4, 0.5) is 5.69 Å². The molecule has 18 heavy (non-hydrogen) atoms. The van der Waals surface area contributed by atoms with E-state index >= 15 is 0 Å². The van der Waals surface area contributed by atoms with Crippen LogP contribution in [0.5, 0.6) is 0 Å². The van der Waals surface area contributed by atoms with Gasteiger partial charge in [-0.15, -0.1) is 0 Å². The first-order valence-corrected chi connectivity index (χ1v) is 6.58. The number of nitrogens with zero attached hydrogens (tertiary/aromatic N) is 2. The third-order valence-electron chi connectivity index (χ3n) is 2.54. The maximum atomic E-state index is 12.1. The molecule has 0 aliphatic rings. The Morgan fingerprint density at radius 3 is 2.78 bits per heavy atom. The Hall–Kier alpha value is -1.82. The number of benzene rings is 1. The molecule has 0 bridgehead atoms. The van der Waals surface area contributed by atoms with Gasteiger partial charge in [0.1, 0.15) is 0 Å². The van der Waals surface area contributed by atoms with Crippen LogP contribution in [0.15, 0.2) is 28.2 Å². The summed E-state index contributed by atoms with van der Waals surface area (Å²) in [5.41, 5.74) is 1.15. The van der Waals surface area contributed by atoms with Crippen molar-refractivity contribution in [3.05, 3.63) is 28.6 Å². The quantitative estimate of drug-likeness (QED) is 0.660. The highest BCUT2D eigenvalue weighted by Crippen LogP contribution is 2.18. The number of carbonyl (C=O) groups excluding carboxylic acids is 1. The van der Waals surface area contributed by atoms with Crippen LogP contribution in [-0.2, 0) is 11.8 Å². The van der Waals surface area contributed by atoms with E-state index in [1.54, 1.807) is 25.2 Å². The summed E-state index contributed by atoms with van der Waals surface area (Å²) < 4.78 is 1.52. The molecular weight excluding hydrogens is 250 g/mol. The zero-order valence-corrected chi connectivity index (χ0v) is 11.2.